The second-order valence-corrected chi connectivity index (χ2v) is 4.68. The molecule has 0 saturated heterocycles. The minimum absolute atomic E-state index is 0.0429. The van der Waals surface area contributed by atoms with E-state index in [1.807, 2.05) is 0 Å². The number of carbonyl (C=O) groups is 1. The van der Waals surface area contributed by atoms with Gasteiger partial charge in [0.25, 0.3) is 5.91 Å². The predicted octanol–water partition coefficient (Wildman–Crippen LogP) is 1.57. The number of nitrogens with one attached hydrogen (secondary N) is 1. The Morgan fingerprint density at radius 3 is 2.76 bits per heavy atom. The molecule has 0 aliphatic carbocycles. The number of hydrogen-bond acceptors (Lipinski definition) is 5. The topological polar surface area (TPSA) is 77.8 Å². The lowest BCUT2D eigenvalue weighted by atomic mass is 10.1. The molecular formula is C15H17NO5. The third kappa shape index (κ3) is 3.41. The number of carbonyl (C=O) groups excluding carboxylic acids is 1. The van der Waals surface area contributed by atoms with E-state index >= 15 is 0 Å². The molecule has 0 aliphatic rings. The van der Waals surface area contributed by atoms with Crippen molar-refractivity contribution in [3.8, 4) is 5.75 Å². The maximum atomic E-state index is 12.1. The summed E-state index contributed by atoms with van der Waals surface area (Å²) in [6.45, 7) is 2.14. The third-order valence-corrected chi connectivity index (χ3v) is 2.98. The van der Waals surface area contributed by atoms with E-state index in [1.165, 1.54) is 6.07 Å². The van der Waals surface area contributed by atoms with Gasteiger partial charge in [-0.1, -0.05) is 0 Å². The van der Waals surface area contributed by atoms with E-state index < -0.39 is 11.5 Å². The van der Waals surface area contributed by atoms with Crippen molar-refractivity contribution in [2.24, 2.45) is 0 Å². The standard InChI is InChI=1S/C15H17NO5/c1-9(8-19-2)16-14(17)12-7-10-6-11(20-3)4-5-13(10)21-15(12)18/h4-7,9H,8H2,1-3H3,(H,16,17)/t9-/m0/s1. The summed E-state index contributed by atoms with van der Waals surface area (Å²) in [6, 6.07) is 6.31. The Balaban J connectivity index is 2.37. The molecule has 1 aromatic heterocycles. The van der Waals surface area contributed by atoms with E-state index in [1.54, 1.807) is 39.3 Å². The molecule has 1 atom stereocenters. The minimum Gasteiger partial charge on any atom is -0.497 e. The molecule has 1 N–H and O–H groups in total. The van der Waals surface area contributed by atoms with Crippen molar-refractivity contribution in [2.75, 3.05) is 20.8 Å². The lowest BCUT2D eigenvalue weighted by molar-refractivity contribution is 0.0902. The molecule has 21 heavy (non-hydrogen) atoms. The number of amides is 1. The van der Waals surface area contributed by atoms with Gasteiger partial charge in [-0.05, 0) is 31.2 Å². The van der Waals surface area contributed by atoms with Crippen LogP contribution >= 0.6 is 0 Å². The average molecular weight is 291 g/mol. The highest BCUT2D eigenvalue weighted by Gasteiger charge is 2.16. The van der Waals surface area contributed by atoms with Crippen LogP contribution in [0.25, 0.3) is 11.0 Å². The largest absolute Gasteiger partial charge is 0.497 e. The van der Waals surface area contributed by atoms with Gasteiger partial charge >= 0.3 is 5.63 Å². The summed E-state index contributed by atoms with van der Waals surface area (Å²) < 4.78 is 15.2. The fraction of sp³-hybridized carbons (Fsp3) is 0.333. The highest BCUT2D eigenvalue weighted by atomic mass is 16.5. The summed E-state index contributed by atoms with van der Waals surface area (Å²) in [5.74, 6) is 0.133. The van der Waals surface area contributed by atoms with Crippen LogP contribution in [0.4, 0.5) is 0 Å². The molecule has 6 nitrogen and oxygen atoms in total. The van der Waals surface area contributed by atoms with Crippen LogP contribution < -0.4 is 15.7 Å². The summed E-state index contributed by atoms with van der Waals surface area (Å²) in [5, 5.41) is 3.30. The number of hydrogen-bond donors (Lipinski definition) is 1. The Morgan fingerprint density at radius 2 is 2.10 bits per heavy atom. The van der Waals surface area contributed by atoms with Crippen molar-refractivity contribution in [3.05, 3.63) is 40.2 Å². The second kappa shape index (κ2) is 6.41. The summed E-state index contributed by atoms with van der Waals surface area (Å²) in [7, 11) is 3.08. The Hall–Kier alpha value is -2.34. The van der Waals surface area contributed by atoms with Gasteiger partial charge in [0.15, 0.2) is 0 Å². The first kappa shape index (κ1) is 15.1. The molecule has 2 aromatic rings. The molecular weight excluding hydrogens is 274 g/mol. The van der Waals surface area contributed by atoms with Gasteiger partial charge in [0.2, 0.25) is 0 Å². The van der Waals surface area contributed by atoms with Gasteiger partial charge in [-0.2, -0.15) is 0 Å². The fourth-order valence-electron chi connectivity index (χ4n) is 1.98. The molecule has 0 saturated carbocycles. The van der Waals surface area contributed by atoms with Gasteiger partial charge in [0.05, 0.1) is 13.7 Å². The quantitative estimate of drug-likeness (QED) is 0.846. The summed E-state index contributed by atoms with van der Waals surface area (Å²) in [4.78, 5) is 24.0. The van der Waals surface area contributed by atoms with Crippen molar-refractivity contribution < 1.29 is 18.7 Å². The van der Waals surface area contributed by atoms with Gasteiger partial charge in [-0.25, -0.2) is 4.79 Å². The molecule has 1 amide bonds. The van der Waals surface area contributed by atoms with E-state index in [-0.39, 0.29) is 11.6 Å². The Kier molecular flexibility index (Phi) is 4.59. The Morgan fingerprint density at radius 1 is 1.33 bits per heavy atom. The molecule has 0 unspecified atom stereocenters. The lowest BCUT2D eigenvalue weighted by Crippen LogP contribution is -2.37. The Labute approximate surface area is 121 Å². The van der Waals surface area contributed by atoms with Crippen LogP contribution in [-0.2, 0) is 4.74 Å². The van der Waals surface area contributed by atoms with Crippen LogP contribution in [0.2, 0.25) is 0 Å². The maximum Gasteiger partial charge on any atom is 0.349 e. The molecule has 1 heterocycles. The number of fused-ring (bicyclic) bond motifs is 1. The smallest absolute Gasteiger partial charge is 0.349 e. The number of methoxy groups -OCH3 is 2. The molecule has 6 heteroatoms. The predicted molar refractivity (Wildman–Crippen MR) is 77.8 cm³/mol. The lowest BCUT2D eigenvalue weighted by Gasteiger charge is -2.12. The molecule has 1 aromatic carbocycles. The van der Waals surface area contributed by atoms with Crippen LogP contribution in [0.1, 0.15) is 17.3 Å². The average Bonchev–Trinajstić information content (AvgIpc) is 2.46. The summed E-state index contributed by atoms with van der Waals surface area (Å²) in [5.41, 5.74) is -0.309. The van der Waals surface area contributed by atoms with Crippen molar-refractivity contribution >= 4 is 16.9 Å². The first-order chi connectivity index (χ1) is 10.0. The number of benzene rings is 1. The van der Waals surface area contributed by atoms with Crippen LogP contribution in [-0.4, -0.2) is 32.8 Å². The first-order valence-electron chi connectivity index (χ1n) is 6.47. The maximum absolute atomic E-state index is 12.1. The molecule has 112 valence electrons. The SMILES string of the molecule is COC[C@H](C)NC(=O)c1cc2cc(OC)ccc2oc1=O. The number of rotatable bonds is 5. The van der Waals surface area contributed by atoms with Crippen LogP contribution in [0.15, 0.2) is 33.5 Å². The van der Waals surface area contributed by atoms with E-state index in [4.69, 9.17) is 13.9 Å². The van der Waals surface area contributed by atoms with E-state index in [0.717, 1.165) is 0 Å². The van der Waals surface area contributed by atoms with Crippen LogP contribution in [0.5, 0.6) is 5.75 Å². The zero-order chi connectivity index (χ0) is 15.4. The van der Waals surface area contributed by atoms with Gasteiger partial charge in [-0.3, -0.25) is 4.79 Å². The highest BCUT2D eigenvalue weighted by Crippen LogP contribution is 2.20. The Bertz CT molecular complexity index is 707. The van der Waals surface area contributed by atoms with Crippen molar-refractivity contribution in [2.45, 2.75) is 13.0 Å². The van der Waals surface area contributed by atoms with Crippen molar-refractivity contribution in [1.82, 2.24) is 5.32 Å². The molecule has 2 rings (SSSR count). The van der Waals surface area contributed by atoms with E-state index in [0.29, 0.717) is 23.3 Å². The molecule has 0 radical (unpaired) electrons. The van der Waals surface area contributed by atoms with Crippen molar-refractivity contribution in [1.29, 1.82) is 0 Å². The molecule has 0 fully saturated rings. The zero-order valence-electron chi connectivity index (χ0n) is 12.1. The first-order valence-corrected chi connectivity index (χ1v) is 6.47. The fourth-order valence-corrected chi connectivity index (χ4v) is 1.98. The normalized spacial score (nSPS) is 12.1. The monoisotopic (exact) mass is 291 g/mol. The third-order valence-electron chi connectivity index (χ3n) is 2.98. The van der Waals surface area contributed by atoms with Gasteiger partial charge in [0, 0.05) is 18.5 Å². The van der Waals surface area contributed by atoms with Gasteiger partial charge in [0.1, 0.15) is 16.9 Å². The van der Waals surface area contributed by atoms with Crippen molar-refractivity contribution in [3.63, 3.8) is 0 Å². The van der Waals surface area contributed by atoms with Gasteiger partial charge < -0.3 is 19.2 Å². The molecule has 0 aliphatic heterocycles. The summed E-state index contributed by atoms with van der Waals surface area (Å²) >= 11 is 0. The highest BCUT2D eigenvalue weighted by molar-refractivity contribution is 5.96. The summed E-state index contributed by atoms with van der Waals surface area (Å²) in [6.07, 6.45) is 0. The zero-order valence-corrected chi connectivity index (χ0v) is 12.1. The minimum atomic E-state index is -0.671. The van der Waals surface area contributed by atoms with E-state index in [2.05, 4.69) is 5.32 Å². The second-order valence-electron chi connectivity index (χ2n) is 4.68. The molecule has 0 bridgehead atoms. The van der Waals surface area contributed by atoms with Gasteiger partial charge in [-0.15, -0.1) is 0 Å². The number of ether oxygens (including phenoxy) is 2. The van der Waals surface area contributed by atoms with Crippen LogP contribution in [0.3, 0.4) is 0 Å². The van der Waals surface area contributed by atoms with E-state index in [9.17, 15) is 9.59 Å². The molecule has 0 spiro atoms. The van der Waals surface area contributed by atoms with Crippen LogP contribution in [0, 0.1) is 0 Å².